The minimum absolute atomic E-state index is 0.546. The van der Waals surface area contributed by atoms with Crippen LogP contribution < -0.4 is 15.4 Å². The Kier molecular flexibility index (Phi) is 3.34. The Morgan fingerprint density at radius 1 is 1.67 bits per heavy atom. The maximum Gasteiger partial charge on any atom is 0.179 e. The predicted octanol–water partition coefficient (Wildman–Crippen LogP) is 0.649. The molecule has 2 rings (SSSR count). The van der Waals surface area contributed by atoms with Gasteiger partial charge in [0.05, 0.1) is 13.3 Å². The molecule has 0 spiro atoms. The summed E-state index contributed by atoms with van der Waals surface area (Å²) in [6, 6.07) is 0.546. The third-order valence-corrected chi connectivity index (χ3v) is 2.58. The summed E-state index contributed by atoms with van der Waals surface area (Å²) in [5.41, 5.74) is 0. The molecule has 1 aromatic rings. The minimum Gasteiger partial charge on any atom is -0.491 e. The van der Waals surface area contributed by atoms with Gasteiger partial charge in [-0.1, -0.05) is 0 Å². The van der Waals surface area contributed by atoms with E-state index in [4.69, 9.17) is 4.74 Å². The first-order chi connectivity index (χ1) is 7.40. The molecule has 5 nitrogen and oxygen atoms in total. The van der Waals surface area contributed by atoms with Crippen molar-refractivity contribution in [3.05, 3.63) is 12.5 Å². The van der Waals surface area contributed by atoms with Crippen LogP contribution in [-0.4, -0.2) is 36.2 Å². The smallest absolute Gasteiger partial charge is 0.179 e. The van der Waals surface area contributed by atoms with E-state index >= 15 is 0 Å². The van der Waals surface area contributed by atoms with Crippen LogP contribution in [0.3, 0.4) is 0 Å². The summed E-state index contributed by atoms with van der Waals surface area (Å²) < 4.78 is 5.15. The van der Waals surface area contributed by atoms with Crippen molar-refractivity contribution in [1.82, 2.24) is 15.3 Å². The van der Waals surface area contributed by atoms with E-state index < -0.39 is 0 Å². The summed E-state index contributed by atoms with van der Waals surface area (Å²) in [5.74, 6) is 1.46. The fraction of sp³-hybridized carbons (Fsp3) is 0.600. The number of rotatable bonds is 4. The maximum atomic E-state index is 5.15. The van der Waals surface area contributed by atoms with E-state index in [2.05, 4.69) is 20.6 Å². The van der Waals surface area contributed by atoms with Crippen LogP contribution in [0.2, 0.25) is 0 Å². The highest BCUT2D eigenvalue weighted by atomic mass is 16.5. The number of hydrogen-bond donors (Lipinski definition) is 2. The second-order valence-corrected chi connectivity index (χ2v) is 3.61. The third kappa shape index (κ3) is 2.56. The van der Waals surface area contributed by atoms with E-state index in [1.807, 2.05) is 0 Å². The quantitative estimate of drug-likeness (QED) is 0.760. The Labute approximate surface area is 89.3 Å². The molecule has 0 radical (unpaired) electrons. The summed E-state index contributed by atoms with van der Waals surface area (Å²) >= 11 is 0. The lowest BCUT2D eigenvalue weighted by atomic mass is 10.2. The van der Waals surface area contributed by atoms with Crippen molar-refractivity contribution in [2.75, 3.05) is 25.5 Å². The summed E-state index contributed by atoms with van der Waals surface area (Å²) in [6.45, 7) is 2.00. The zero-order valence-electron chi connectivity index (χ0n) is 8.86. The second kappa shape index (κ2) is 4.93. The molecule has 2 N–H and O–H groups in total. The summed E-state index contributed by atoms with van der Waals surface area (Å²) in [7, 11) is 1.62. The SMILES string of the molecule is COc1cncnc1NCC1CCCN1. The lowest BCUT2D eigenvalue weighted by Gasteiger charge is -2.13. The molecule has 0 aromatic carbocycles. The van der Waals surface area contributed by atoms with Gasteiger partial charge in [0.1, 0.15) is 6.33 Å². The number of anilines is 1. The monoisotopic (exact) mass is 208 g/mol. The molecule has 0 amide bonds. The Hall–Kier alpha value is -1.36. The van der Waals surface area contributed by atoms with Gasteiger partial charge in [0, 0.05) is 12.6 Å². The van der Waals surface area contributed by atoms with Gasteiger partial charge >= 0.3 is 0 Å². The van der Waals surface area contributed by atoms with Crippen molar-refractivity contribution in [3.63, 3.8) is 0 Å². The molecule has 5 heteroatoms. The molecule has 1 aliphatic heterocycles. The van der Waals surface area contributed by atoms with Crippen LogP contribution in [0.4, 0.5) is 5.82 Å². The van der Waals surface area contributed by atoms with Gasteiger partial charge < -0.3 is 15.4 Å². The molecule has 1 unspecified atom stereocenters. The van der Waals surface area contributed by atoms with Crippen LogP contribution in [0.25, 0.3) is 0 Å². The molecule has 0 bridgehead atoms. The van der Waals surface area contributed by atoms with E-state index in [1.54, 1.807) is 13.3 Å². The average Bonchev–Trinajstić information content (AvgIpc) is 2.79. The number of nitrogens with one attached hydrogen (secondary N) is 2. The highest BCUT2D eigenvalue weighted by molar-refractivity contribution is 5.47. The number of aromatic nitrogens is 2. The molecular formula is C10H16N4O. The standard InChI is InChI=1S/C10H16N4O/c1-15-9-6-11-7-14-10(9)13-5-8-3-2-4-12-8/h6-8,12H,2-5H2,1H3,(H,11,13,14). The van der Waals surface area contributed by atoms with Crippen molar-refractivity contribution >= 4 is 5.82 Å². The van der Waals surface area contributed by atoms with Crippen molar-refractivity contribution in [1.29, 1.82) is 0 Å². The zero-order valence-corrected chi connectivity index (χ0v) is 8.86. The number of methoxy groups -OCH3 is 1. The Morgan fingerprint density at radius 3 is 3.33 bits per heavy atom. The van der Waals surface area contributed by atoms with Gasteiger partial charge in [0.25, 0.3) is 0 Å². The van der Waals surface area contributed by atoms with Crippen LogP contribution in [-0.2, 0) is 0 Å². The number of hydrogen-bond acceptors (Lipinski definition) is 5. The molecule has 1 atom stereocenters. The van der Waals surface area contributed by atoms with E-state index in [9.17, 15) is 0 Å². The van der Waals surface area contributed by atoms with Crippen molar-refractivity contribution in [2.45, 2.75) is 18.9 Å². The first-order valence-electron chi connectivity index (χ1n) is 5.21. The molecule has 82 valence electrons. The molecule has 0 aliphatic carbocycles. The lowest BCUT2D eigenvalue weighted by molar-refractivity contribution is 0.412. The number of ether oxygens (including phenoxy) is 1. The van der Waals surface area contributed by atoms with Gasteiger partial charge in [0.2, 0.25) is 0 Å². The molecule has 2 heterocycles. The molecular weight excluding hydrogens is 192 g/mol. The minimum atomic E-state index is 0.546. The van der Waals surface area contributed by atoms with E-state index in [-0.39, 0.29) is 0 Å². The highest BCUT2D eigenvalue weighted by Gasteiger charge is 2.14. The van der Waals surface area contributed by atoms with Gasteiger partial charge in [-0.15, -0.1) is 0 Å². The van der Waals surface area contributed by atoms with Crippen LogP contribution >= 0.6 is 0 Å². The Bertz CT molecular complexity index is 312. The lowest BCUT2D eigenvalue weighted by Crippen LogP contribution is -2.29. The summed E-state index contributed by atoms with van der Waals surface area (Å²) in [4.78, 5) is 8.04. The van der Waals surface area contributed by atoms with E-state index in [0.29, 0.717) is 11.8 Å². The van der Waals surface area contributed by atoms with Gasteiger partial charge in [-0.25, -0.2) is 9.97 Å². The normalized spacial score (nSPS) is 20.2. The molecule has 1 saturated heterocycles. The molecule has 1 fully saturated rings. The summed E-state index contributed by atoms with van der Waals surface area (Å²) in [5, 5.41) is 6.69. The van der Waals surface area contributed by atoms with Crippen molar-refractivity contribution in [3.8, 4) is 5.75 Å². The second-order valence-electron chi connectivity index (χ2n) is 3.61. The topological polar surface area (TPSA) is 59.1 Å². The fourth-order valence-electron chi connectivity index (χ4n) is 1.75. The Morgan fingerprint density at radius 2 is 2.60 bits per heavy atom. The maximum absolute atomic E-state index is 5.15. The van der Waals surface area contributed by atoms with Gasteiger partial charge in [0.15, 0.2) is 11.6 Å². The molecule has 0 saturated carbocycles. The molecule has 15 heavy (non-hydrogen) atoms. The van der Waals surface area contributed by atoms with Crippen LogP contribution in [0.5, 0.6) is 5.75 Å². The fourth-order valence-corrected chi connectivity index (χ4v) is 1.75. The molecule has 1 aromatic heterocycles. The van der Waals surface area contributed by atoms with E-state index in [0.717, 1.165) is 18.9 Å². The third-order valence-electron chi connectivity index (χ3n) is 2.58. The van der Waals surface area contributed by atoms with Crippen molar-refractivity contribution < 1.29 is 4.74 Å². The van der Waals surface area contributed by atoms with Gasteiger partial charge in [-0.3, -0.25) is 0 Å². The van der Waals surface area contributed by atoms with Crippen LogP contribution in [0, 0.1) is 0 Å². The van der Waals surface area contributed by atoms with Crippen LogP contribution in [0.15, 0.2) is 12.5 Å². The molecule has 1 aliphatic rings. The van der Waals surface area contributed by atoms with E-state index in [1.165, 1.54) is 19.2 Å². The largest absolute Gasteiger partial charge is 0.491 e. The van der Waals surface area contributed by atoms with Crippen LogP contribution in [0.1, 0.15) is 12.8 Å². The predicted molar refractivity (Wildman–Crippen MR) is 58.1 cm³/mol. The average molecular weight is 208 g/mol. The van der Waals surface area contributed by atoms with Gasteiger partial charge in [-0.05, 0) is 19.4 Å². The zero-order chi connectivity index (χ0) is 10.5. The van der Waals surface area contributed by atoms with Crippen molar-refractivity contribution in [2.24, 2.45) is 0 Å². The first-order valence-corrected chi connectivity index (χ1v) is 5.21. The summed E-state index contributed by atoms with van der Waals surface area (Å²) in [6.07, 6.45) is 5.66. The van der Waals surface area contributed by atoms with Gasteiger partial charge in [-0.2, -0.15) is 0 Å². The number of nitrogens with zero attached hydrogens (tertiary/aromatic N) is 2. The Balaban J connectivity index is 1.91. The highest BCUT2D eigenvalue weighted by Crippen LogP contribution is 2.18. The first kappa shape index (κ1) is 10.2.